The Labute approximate surface area is 171 Å². The minimum Gasteiger partial charge on any atom is -0.383 e. The van der Waals surface area contributed by atoms with Crippen LogP contribution in [0.15, 0.2) is 29.4 Å². The van der Waals surface area contributed by atoms with E-state index in [9.17, 15) is 4.79 Å². The molecule has 0 bridgehead atoms. The minimum atomic E-state index is 0.183. The Morgan fingerprint density at radius 1 is 1.25 bits per heavy atom. The van der Waals surface area contributed by atoms with Crippen molar-refractivity contribution in [1.29, 1.82) is 0 Å². The molecule has 0 radical (unpaired) electrons. The molecule has 1 fully saturated rings. The Kier molecular flexibility index (Phi) is 7.13. The molecular formula is C21H30N4O2S. The molecule has 6 nitrogen and oxygen atoms in total. The second-order valence-corrected chi connectivity index (χ2v) is 8.48. The minimum absolute atomic E-state index is 0.183. The average Bonchev–Trinajstić information content (AvgIpc) is 3.07. The monoisotopic (exact) mass is 402 g/mol. The zero-order chi connectivity index (χ0) is 20.1. The maximum Gasteiger partial charge on any atom is 0.233 e. The van der Waals surface area contributed by atoms with E-state index in [-0.39, 0.29) is 5.91 Å². The van der Waals surface area contributed by atoms with Gasteiger partial charge in [-0.2, -0.15) is 0 Å². The molecule has 2 aromatic rings. The van der Waals surface area contributed by atoms with Crippen molar-refractivity contribution in [2.45, 2.75) is 63.8 Å². The maximum atomic E-state index is 12.9. The zero-order valence-electron chi connectivity index (χ0n) is 17.2. The summed E-state index contributed by atoms with van der Waals surface area (Å²) in [5, 5.41) is 9.56. The summed E-state index contributed by atoms with van der Waals surface area (Å²) in [5.41, 5.74) is 2.20. The van der Waals surface area contributed by atoms with Crippen LogP contribution in [0.3, 0.4) is 0 Å². The number of aryl methyl sites for hydroxylation is 1. The maximum absolute atomic E-state index is 12.9. The molecule has 28 heavy (non-hydrogen) atoms. The van der Waals surface area contributed by atoms with E-state index in [1.54, 1.807) is 7.11 Å². The lowest BCUT2D eigenvalue weighted by molar-refractivity contribution is -0.134. The molecule has 7 heteroatoms. The number of rotatable bonds is 7. The van der Waals surface area contributed by atoms with Gasteiger partial charge in [-0.3, -0.25) is 9.36 Å². The number of benzene rings is 1. The Balaban J connectivity index is 1.77. The second-order valence-electron chi connectivity index (χ2n) is 7.54. The van der Waals surface area contributed by atoms with Gasteiger partial charge in [-0.15, -0.1) is 10.2 Å². The summed E-state index contributed by atoms with van der Waals surface area (Å²) in [6.45, 7) is 7.58. The number of amides is 1. The first-order valence-corrected chi connectivity index (χ1v) is 10.9. The predicted octanol–water partition coefficient (Wildman–Crippen LogP) is 3.78. The van der Waals surface area contributed by atoms with Crippen molar-refractivity contribution in [2.24, 2.45) is 0 Å². The number of methoxy groups -OCH3 is 1. The van der Waals surface area contributed by atoms with E-state index in [2.05, 4.69) is 47.7 Å². The number of nitrogens with zero attached hydrogens (tertiary/aromatic N) is 4. The topological polar surface area (TPSA) is 60.2 Å². The molecule has 2 unspecified atom stereocenters. The molecule has 1 aliphatic heterocycles. The molecule has 1 aromatic carbocycles. The number of carbonyl (C=O) groups excluding carboxylic acids is 1. The van der Waals surface area contributed by atoms with Crippen molar-refractivity contribution in [3.63, 3.8) is 0 Å². The van der Waals surface area contributed by atoms with Crippen molar-refractivity contribution in [2.75, 3.05) is 19.5 Å². The van der Waals surface area contributed by atoms with Gasteiger partial charge in [0.1, 0.15) is 0 Å². The zero-order valence-corrected chi connectivity index (χ0v) is 18.0. The molecule has 2 atom stereocenters. The van der Waals surface area contributed by atoms with Crippen molar-refractivity contribution in [1.82, 2.24) is 19.7 Å². The highest BCUT2D eigenvalue weighted by molar-refractivity contribution is 7.99. The number of piperidine rings is 1. The molecule has 0 N–H and O–H groups in total. The molecule has 2 heterocycles. The van der Waals surface area contributed by atoms with Gasteiger partial charge < -0.3 is 9.64 Å². The standard InChI is InChI=1S/C21H30N4O2S/c1-15-7-5-10-18(13-15)20-22-23-21(24(20)11-12-27-4)28-14-19(26)25-16(2)8-6-9-17(25)3/h5,7,10,13,16-17H,6,8-9,11-12,14H2,1-4H3. The lowest BCUT2D eigenvalue weighted by Crippen LogP contribution is -2.48. The first-order chi connectivity index (χ1) is 13.5. The number of thioether (sulfide) groups is 1. The summed E-state index contributed by atoms with van der Waals surface area (Å²) in [6, 6.07) is 8.85. The fourth-order valence-electron chi connectivity index (χ4n) is 3.89. The van der Waals surface area contributed by atoms with Crippen LogP contribution in [0.2, 0.25) is 0 Å². The van der Waals surface area contributed by atoms with Gasteiger partial charge in [0.15, 0.2) is 11.0 Å². The highest BCUT2D eigenvalue weighted by Gasteiger charge is 2.29. The van der Waals surface area contributed by atoms with Gasteiger partial charge in [0.25, 0.3) is 0 Å². The predicted molar refractivity (Wildman–Crippen MR) is 112 cm³/mol. The van der Waals surface area contributed by atoms with Gasteiger partial charge in [-0.1, -0.05) is 35.5 Å². The quantitative estimate of drug-likeness (QED) is 0.660. The number of likely N-dealkylation sites (tertiary alicyclic amines) is 1. The fraction of sp³-hybridized carbons (Fsp3) is 0.571. The van der Waals surface area contributed by atoms with Crippen molar-refractivity contribution >= 4 is 17.7 Å². The van der Waals surface area contributed by atoms with Crippen LogP contribution in [0, 0.1) is 6.92 Å². The molecule has 0 spiro atoms. The molecule has 0 saturated carbocycles. The smallest absolute Gasteiger partial charge is 0.233 e. The van der Waals surface area contributed by atoms with Crippen LogP contribution in [0.25, 0.3) is 11.4 Å². The lowest BCUT2D eigenvalue weighted by Gasteiger charge is -2.39. The molecule has 1 amide bonds. The second kappa shape index (κ2) is 9.56. The Morgan fingerprint density at radius 3 is 2.68 bits per heavy atom. The third kappa shape index (κ3) is 4.75. The van der Waals surface area contributed by atoms with Crippen LogP contribution in [0.4, 0.5) is 0 Å². The summed E-state index contributed by atoms with van der Waals surface area (Å²) in [5.74, 6) is 1.38. The number of carbonyl (C=O) groups is 1. The normalized spacial score (nSPS) is 19.8. The van der Waals surface area contributed by atoms with Gasteiger partial charge in [-0.25, -0.2) is 0 Å². The highest BCUT2D eigenvalue weighted by Crippen LogP contribution is 2.27. The summed E-state index contributed by atoms with van der Waals surface area (Å²) in [6.07, 6.45) is 3.37. The third-order valence-electron chi connectivity index (χ3n) is 5.32. The number of ether oxygens (including phenoxy) is 1. The van der Waals surface area contributed by atoms with Crippen LogP contribution in [0.1, 0.15) is 38.7 Å². The molecule has 3 rings (SSSR count). The van der Waals surface area contributed by atoms with Gasteiger partial charge in [0, 0.05) is 24.8 Å². The Morgan fingerprint density at radius 2 is 2.00 bits per heavy atom. The van der Waals surface area contributed by atoms with Crippen LogP contribution in [-0.4, -0.2) is 57.1 Å². The van der Waals surface area contributed by atoms with E-state index >= 15 is 0 Å². The van der Waals surface area contributed by atoms with Crippen LogP contribution >= 0.6 is 11.8 Å². The summed E-state index contributed by atoms with van der Waals surface area (Å²) >= 11 is 1.47. The van der Waals surface area contributed by atoms with Gasteiger partial charge in [0.05, 0.1) is 18.9 Å². The van der Waals surface area contributed by atoms with E-state index in [1.165, 1.54) is 23.7 Å². The first kappa shape index (κ1) is 20.9. The van der Waals surface area contributed by atoms with E-state index in [0.717, 1.165) is 29.4 Å². The molecular weight excluding hydrogens is 372 g/mol. The molecule has 1 aromatic heterocycles. The molecule has 0 aliphatic carbocycles. The summed E-state index contributed by atoms with van der Waals surface area (Å²) in [4.78, 5) is 14.9. The molecule has 1 aliphatic rings. The summed E-state index contributed by atoms with van der Waals surface area (Å²) < 4.78 is 7.33. The third-order valence-corrected chi connectivity index (χ3v) is 6.27. The van der Waals surface area contributed by atoms with E-state index in [0.29, 0.717) is 31.0 Å². The van der Waals surface area contributed by atoms with E-state index in [4.69, 9.17) is 4.74 Å². The Hall–Kier alpha value is -1.86. The molecule has 152 valence electrons. The number of hydrogen-bond donors (Lipinski definition) is 0. The fourth-order valence-corrected chi connectivity index (χ4v) is 4.72. The van der Waals surface area contributed by atoms with Gasteiger partial charge in [-0.05, 0) is 46.1 Å². The van der Waals surface area contributed by atoms with Crippen molar-refractivity contribution < 1.29 is 9.53 Å². The Bertz CT molecular complexity index is 797. The molecule has 1 saturated heterocycles. The number of hydrogen-bond acceptors (Lipinski definition) is 5. The lowest BCUT2D eigenvalue weighted by atomic mass is 9.98. The van der Waals surface area contributed by atoms with Crippen LogP contribution < -0.4 is 0 Å². The van der Waals surface area contributed by atoms with E-state index < -0.39 is 0 Å². The summed E-state index contributed by atoms with van der Waals surface area (Å²) in [7, 11) is 1.69. The van der Waals surface area contributed by atoms with Gasteiger partial charge >= 0.3 is 0 Å². The largest absolute Gasteiger partial charge is 0.383 e. The van der Waals surface area contributed by atoms with Crippen molar-refractivity contribution in [3.05, 3.63) is 29.8 Å². The SMILES string of the molecule is COCCn1c(SCC(=O)N2C(C)CCCC2C)nnc1-c1cccc(C)c1. The van der Waals surface area contributed by atoms with Crippen LogP contribution in [0.5, 0.6) is 0 Å². The van der Waals surface area contributed by atoms with Crippen molar-refractivity contribution in [3.8, 4) is 11.4 Å². The average molecular weight is 403 g/mol. The van der Waals surface area contributed by atoms with E-state index in [1.807, 2.05) is 17.0 Å². The highest BCUT2D eigenvalue weighted by atomic mass is 32.2. The van der Waals surface area contributed by atoms with Gasteiger partial charge in [0.2, 0.25) is 5.91 Å². The first-order valence-electron chi connectivity index (χ1n) is 9.94. The van der Waals surface area contributed by atoms with Crippen LogP contribution in [-0.2, 0) is 16.1 Å². The number of aromatic nitrogens is 3.